The fraction of sp³-hybridized carbons (Fsp3) is 0. The average Bonchev–Trinajstić information content (AvgIpc) is 3.57. The van der Waals surface area contributed by atoms with Crippen molar-refractivity contribution in [3.8, 4) is 34.0 Å². The number of rotatable bonds is 3. The molecule has 0 N–H and O–H groups in total. The van der Waals surface area contributed by atoms with Gasteiger partial charge in [-0.2, -0.15) is 5.26 Å². The van der Waals surface area contributed by atoms with E-state index in [1.54, 1.807) is 6.20 Å². The van der Waals surface area contributed by atoms with Crippen LogP contribution < -0.4 is 0 Å². The predicted octanol–water partition coefficient (Wildman–Crippen LogP) is 9.28. The van der Waals surface area contributed by atoms with Gasteiger partial charge in [-0.3, -0.25) is 0 Å². The smallest absolute Gasteiger partial charge is 0.145 e. The van der Waals surface area contributed by atoms with Crippen molar-refractivity contribution < 1.29 is 4.42 Å². The van der Waals surface area contributed by atoms with Crippen molar-refractivity contribution in [3.05, 3.63) is 133 Å². The Morgan fingerprint density at radius 3 is 2.23 bits per heavy atom. The summed E-state index contributed by atoms with van der Waals surface area (Å²) in [6, 6.07) is 44.0. The molecule has 0 fully saturated rings. The number of nitriles is 1. The molecule has 0 aliphatic rings. The first-order valence-corrected chi connectivity index (χ1v) is 13.2. The molecular weight excluding hydrogens is 490 g/mol. The lowest BCUT2D eigenvalue weighted by atomic mass is 9.94. The maximum Gasteiger partial charge on any atom is 0.145 e. The molecule has 4 heteroatoms. The first kappa shape index (κ1) is 22.3. The number of benzene rings is 5. The number of nitrogens with zero attached hydrogens (tertiary/aromatic N) is 3. The molecule has 40 heavy (non-hydrogen) atoms. The first-order valence-electron chi connectivity index (χ1n) is 13.2. The van der Waals surface area contributed by atoms with Gasteiger partial charge in [0.1, 0.15) is 22.9 Å². The number of hydrogen-bond acceptors (Lipinski definition) is 3. The molecule has 0 saturated heterocycles. The highest BCUT2D eigenvalue weighted by Crippen LogP contribution is 2.41. The minimum absolute atomic E-state index is 0.406. The molecule has 0 aliphatic carbocycles. The second-order valence-electron chi connectivity index (χ2n) is 9.92. The molecule has 4 nitrogen and oxygen atoms in total. The van der Waals surface area contributed by atoms with E-state index in [1.165, 1.54) is 0 Å². The van der Waals surface area contributed by atoms with Crippen LogP contribution >= 0.6 is 0 Å². The molecule has 5 aromatic carbocycles. The van der Waals surface area contributed by atoms with Crippen LogP contribution in [0.1, 0.15) is 5.69 Å². The minimum Gasteiger partial charge on any atom is -0.455 e. The molecule has 0 spiro atoms. The van der Waals surface area contributed by atoms with Crippen LogP contribution in [0.5, 0.6) is 0 Å². The zero-order valence-electron chi connectivity index (χ0n) is 21.4. The third-order valence-electron chi connectivity index (χ3n) is 7.71. The van der Waals surface area contributed by atoms with Crippen LogP contribution in [0.2, 0.25) is 0 Å². The van der Waals surface area contributed by atoms with Crippen molar-refractivity contribution in [2.24, 2.45) is 0 Å². The van der Waals surface area contributed by atoms with E-state index < -0.39 is 0 Å². The van der Waals surface area contributed by atoms with Crippen molar-refractivity contribution in [2.45, 2.75) is 0 Å². The van der Waals surface area contributed by atoms with Gasteiger partial charge in [0, 0.05) is 28.0 Å². The van der Waals surface area contributed by atoms with Crippen molar-refractivity contribution in [3.63, 3.8) is 0 Å². The van der Waals surface area contributed by atoms with Gasteiger partial charge in [-0.25, -0.2) is 4.98 Å². The van der Waals surface area contributed by atoms with E-state index in [0.29, 0.717) is 5.69 Å². The highest BCUT2D eigenvalue weighted by Gasteiger charge is 2.19. The number of furan rings is 1. The van der Waals surface area contributed by atoms with Gasteiger partial charge in [-0.1, -0.05) is 72.8 Å². The lowest BCUT2D eigenvalue weighted by molar-refractivity contribution is 0.673. The zero-order valence-corrected chi connectivity index (χ0v) is 21.4. The molecule has 8 aromatic rings. The van der Waals surface area contributed by atoms with E-state index in [1.807, 2.05) is 30.3 Å². The monoisotopic (exact) mass is 511 g/mol. The maximum absolute atomic E-state index is 9.40. The van der Waals surface area contributed by atoms with Crippen LogP contribution in [0.4, 0.5) is 0 Å². The van der Waals surface area contributed by atoms with Gasteiger partial charge in [0.05, 0.1) is 16.4 Å². The van der Waals surface area contributed by atoms with Gasteiger partial charge in [0.2, 0.25) is 0 Å². The van der Waals surface area contributed by atoms with E-state index in [4.69, 9.17) is 4.42 Å². The summed E-state index contributed by atoms with van der Waals surface area (Å²) in [6.45, 7) is 0. The zero-order chi connectivity index (χ0) is 26.6. The molecule has 0 radical (unpaired) electrons. The van der Waals surface area contributed by atoms with E-state index >= 15 is 0 Å². The number of hydrogen-bond donors (Lipinski definition) is 0. The SMILES string of the molecule is N#Cc1cc(-c2ccccc2-c2cccc(-n3c4ccccc4c4c5oc6ccccc6c5ccc43)c2)ccn1. The third-order valence-corrected chi connectivity index (χ3v) is 7.71. The van der Waals surface area contributed by atoms with Gasteiger partial charge in [-0.05, 0) is 70.8 Å². The summed E-state index contributed by atoms with van der Waals surface area (Å²) in [5.41, 5.74) is 9.75. The number of fused-ring (bicyclic) bond motifs is 7. The Balaban J connectivity index is 1.38. The van der Waals surface area contributed by atoms with Gasteiger partial charge < -0.3 is 8.98 Å². The quantitative estimate of drug-likeness (QED) is 0.237. The van der Waals surface area contributed by atoms with E-state index in [0.717, 1.165) is 71.7 Å². The lowest BCUT2D eigenvalue weighted by Crippen LogP contribution is -1.95. The highest BCUT2D eigenvalue weighted by atomic mass is 16.3. The summed E-state index contributed by atoms with van der Waals surface area (Å²) in [5, 5.41) is 13.9. The van der Waals surface area contributed by atoms with Crippen LogP contribution in [0.3, 0.4) is 0 Å². The second kappa shape index (κ2) is 8.69. The second-order valence-corrected chi connectivity index (χ2v) is 9.92. The molecule has 0 amide bonds. The van der Waals surface area contributed by atoms with Gasteiger partial charge in [0.25, 0.3) is 0 Å². The lowest BCUT2D eigenvalue weighted by Gasteiger charge is -2.13. The summed E-state index contributed by atoms with van der Waals surface area (Å²) in [6.07, 6.45) is 1.69. The van der Waals surface area contributed by atoms with Gasteiger partial charge in [0.15, 0.2) is 0 Å². The molecule has 186 valence electrons. The van der Waals surface area contributed by atoms with Crippen molar-refractivity contribution in [1.29, 1.82) is 5.26 Å². The topological polar surface area (TPSA) is 54.8 Å². The van der Waals surface area contributed by atoms with Crippen molar-refractivity contribution in [2.75, 3.05) is 0 Å². The standard InChI is InChI=1S/C36H21N3O/c37-22-25-20-24(18-19-38-25)28-11-2-1-10-27(28)23-8-7-9-26(21-23)39-32-14-5-3-13-31(32)35-33(39)17-16-30-29-12-4-6-15-34(29)40-36(30)35/h1-21H. The molecule has 0 bridgehead atoms. The van der Waals surface area contributed by atoms with Crippen LogP contribution in [-0.4, -0.2) is 9.55 Å². The van der Waals surface area contributed by atoms with Gasteiger partial charge in [-0.15, -0.1) is 0 Å². The van der Waals surface area contributed by atoms with Crippen LogP contribution in [0, 0.1) is 11.3 Å². The maximum atomic E-state index is 9.40. The number of pyridine rings is 1. The third kappa shape index (κ3) is 3.28. The summed E-state index contributed by atoms with van der Waals surface area (Å²) < 4.78 is 8.78. The molecule has 0 unspecified atom stereocenters. The van der Waals surface area contributed by atoms with Crippen molar-refractivity contribution in [1.82, 2.24) is 9.55 Å². The number of aromatic nitrogens is 2. The molecule has 0 aliphatic heterocycles. The summed E-state index contributed by atoms with van der Waals surface area (Å²) >= 11 is 0. The fourth-order valence-electron chi connectivity index (χ4n) is 5.97. The van der Waals surface area contributed by atoms with Crippen LogP contribution in [0.15, 0.2) is 132 Å². The van der Waals surface area contributed by atoms with Gasteiger partial charge >= 0.3 is 0 Å². The average molecular weight is 512 g/mol. The Labute approximate surface area is 230 Å². The minimum atomic E-state index is 0.406. The Morgan fingerprint density at radius 1 is 0.625 bits per heavy atom. The number of para-hydroxylation sites is 2. The fourth-order valence-corrected chi connectivity index (χ4v) is 5.97. The molecule has 0 saturated carbocycles. The Kier molecular flexibility index (Phi) is 4.85. The Hall–Kier alpha value is -5.66. The molecule has 3 aromatic heterocycles. The molecule has 8 rings (SSSR count). The van der Waals surface area contributed by atoms with Crippen LogP contribution in [-0.2, 0) is 0 Å². The molecule has 0 atom stereocenters. The van der Waals surface area contributed by atoms with Crippen molar-refractivity contribution >= 4 is 43.7 Å². The van der Waals surface area contributed by atoms with E-state index in [9.17, 15) is 5.26 Å². The van der Waals surface area contributed by atoms with E-state index in [2.05, 4.69) is 107 Å². The Morgan fingerprint density at radius 2 is 1.38 bits per heavy atom. The summed E-state index contributed by atoms with van der Waals surface area (Å²) in [5.74, 6) is 0. The normalized spacial score (nSPS) is 11.5. The predicted molar refractivity (Wildman–Crippen MR) is 161 cm³/mol. The summed E-state index contributed by atoms with van der Waals surface area (Å²) in [7, 11) is 0. The summed E-state index contributed by atoms with van der Waals surface area (Å²) in [4.78, 5) is 4.15. The first-order chi connectivity index (χ1) is 19.8. The van der Waals surface area contributed by atoms with Crippen LogP contribution in [0.25, 0.3) is 71.7 Å². The molecule has 3 heterocycles. The van der Waals surface area contributed by atoms with E-state index in [-0.39, 0.29) is 0 Å². The highest BCUT2D eigenvalue weighted by molar-refractivity contribution is 6.23. The molecular formula is C36H21N3O. The Bertz CT molecular complexity index is 2300. The largest absolute Gasteiger partial charge is 0.455 e.